The number of nitrogens with zero attached hydrogens (tertiary/aromatic N) is 1. The Morgan fingerprint density at radius 1 is 1.39 bits per heavy atom. The number of rotatable bonds is 7. The van der Waals surface area contributed by atoms with Gasteiger partial charge in [0, 0.05) is 30.3 Å². The van der Waals surface area contributed by atoms with E-state index in [4.69, 9.17) is 11.2 Å². The Morgan fingerprint density at radius 2 is 2.17 bits per heavy atom. The molecule has 1 N–H and O–H groups in total. The molecular weight excluding hydrogens is 224 g/mol. The minimum absolute atomic E-state index is 0.776. The molecule has 0 aliphatic rings. The molecule has 0 aromatic carbocycles. The third kappa shape index (κ3) is 4.05. The molecule has 0 amide bonds. The van der Waals surface area contributed by atoms with Gasteiger partial charge in [0.15, 0.2) is 0 Å². The molecule has 0 bridgehead atoms. The van der Waals surface area contributed by atoms with Gasteiger partial charge in [-0.3, -0.25) is 4.98 Å². The summed E-state index contributed by atoms with van der Waals surface area (Å²) >= 11 is 0. The van der Waals surface area contributed by atoms with Crippen LogP contribution < -0.4 is 10.1 Å². The fraction of sp³-hybridized carbons (Fsp3) is 0.533. The maximum atomic E-state index is 5.39. The van der Waals surface area contributed by atoms with Gasteiger partial charge in [0.2, 0.25) is 0 Å². The van der Waals surface area contributed by atoms with E-state index >= 15 is 0 Å². The Labute approximate surface area is 110 Å². The lowest BCUT2D eigenvalue weighted by Crippen LogP contribution is -2.16. The molecule has 0 atom stereocenters. The third-order valence-corrected chi connectivity index (χ3v) is 2.97. The van der Waals surface area contributed by atoms with Crippen molar-refractivity contribution in [1.82, 2.24) is 10.3 Å². The highest BCUT2D eigenvalue weighted by Crippen LogP contribution is 2.23. The van der Waals surface area contributed by atoms with Crippen LogP contribution in [0.1, 0.15) is 36.1 Å². The van der Waals surface area contributed by atoms with Crippen LogP contribution in [0.4, 0.5) is 0 Å². The molecule has 0 fully saturated rings. The molecule has 0 radical (unpaired) electrons. The summed E-state index contributed by atoms with van der Waals surface area (Å²) in [7, 11) is 1.70. The number of methoxy groups -OCH3 is 1. The van der Waals surface area contributed by atoms with E-state index in [0.29, 0.717) is 0 Å². The first-order chi connectivity index (χ1) is 8.70. The van der Waals surface area contributed by atoms with Gasteiger partial charge in [0.25, 0.3) is 0 Å². The monoisotopic (exact) mass is 246 g/mol. The Bertz CT molecular complexity index is 421. The molecule has 1 aromatic rings. The SMILES string of the molecule is C#CCCCCNCc1ncc(C)c(OC)c1C. The average molecular weight is 246 g/mol. The van der Waals surface area contributed by atoms with Crippen LogP contribution >= 0.6 is 0 Å². The van der Waals surface area contributed by atoms with Gasteiger partial charge < -0.3 is 10.1 Å². The summed E-state index contributed by atoms with van der Waals surface area (Å²) in [5.74, 6) is 3.59. The van der Waals surface area contributed by atoms with E-state index in [-0.39, 0.29) is 0 Å². The summed E-state index contributed by atoms with van der Waals surface area (Å²) in [6.07, 6.45) is 10.1. The predicted octanol–water partition coefficient (Wildman–Crippen LogP) is 2.60. The first kappa shape index (κ1) is 14.5. The first-order valence-corrected chi connectivity index (χ1v) is 6.34. The highest BCUT2D eigenvalue weighted by Gasteiger charge is 2.08. The predicted molar refractivity (Wildman–Crippen MR) is 74.7 cm³/mol. The second-order valence-electron chi connectivity index (χ2n) is 4.38. The van der Waals surface area contributed by atoms with Crippen molar-refractivity contribution in [3.8, 4) is 18.1 Å². The standard InChI is InChI=1S/C15H22N2O/c1-5-6-7-8-9-16-11-14-13(3)15(18-4)12(2)10-17-14/h1,10,16H,6-9,11H2,2-4H3. The molecule has 18 heavy (non-hydrogen) atoms. The van der Waals surface area contributed by atoms with Crippen LogP contribution in [0.5, 0.6) is 5.75 Å². The smallest absolute Gasteiger partial charge is 0.128 e. The molecular formula is C15H22N2O. The van der Waals surface area contributed by atoms with Gasteiger partial charge >= 0.3 is 0 Å². The van der Waals surface area contributed by atoms with Crippen LogP contribution in [0.15, 0.2) is 6.20 Å². The molecule has 0 unspecified atom stereocenters. The molecule has 1 rings (SSSR count). The van der Waals surface area contributed by atoms with Gasteiger partial charge in [0.1, 0.15) is 5.75 Å². The number of hydrogen-bond donors (Lipinski definition) is 1. The molecule has 0 aliphatic carbocycles. The normalized spacial score (nSPS) is 10.1. The second kappa shape index (κ2) is 7.73. The summed E-state index contributed by atoms with van der Waals surface area (Å²) in [6, 6.07) is 0. The molecule has 1 heterocycles. The summed E-state index contributed by atoms with van der Waals surface area (Å²) in [5, 5.41) is 3.39. The van der Waals surface area contributed by atoms with Crippen molar-refractivity contribution < 1.29 is 4.74 Å². The van der Waals surface area contributed by atoms with E-state index in [1.165, 1.54) is 0 Å². The first-order valence-electron chi connectivity index (χ1n) is 6.34. The second-order valence-corrected chi connectivity index (χ2v) is 4.38. The quantitative estimate of drug-likeness (QED) is 0.593. The van der Waals surface area contributed by atoms with Gasteiger partial charge in [-0.15, -0.1) is 12.3 Å². The van der Waals surface area contributed by atoms with E-state index in [1.807, 2.05) is 20.0 Å². The molecule has 0 spiro atoms. The lowest BCUT2D eigenvalue weighted by molar-refractivity contribution is 0.406. The maximum Gasteiger partial charge on any atom is 0.128 e. The van der Waals surface area contributed by atoms with E-state index < -0.39 is 0 Å². The zero-order chi connectivity index (χ0) is 13.4. The largest absolute Gasteiger partial charge is 0.496 e. The van der Waals surface area contributed by atoms with Crippen molar-refractivity contribution in [2.45, 2.75) is 39.7 Å². The highest BCUT2D eigenvalue weighted by molar-refractivity contribution is 5.40. The van der Waals surface area contributed by atoms with Crippen LogP contribution in [-0.4, -0.2) is 18.6 Å². The van der Waals surface area contributed by atoms with Crippen LogP contribution in [0.3, 0.4) is 0 Å². The van der Waals surface area contributed by atoms with Crippen molar-refractivity contribution >= 4 is 0 Å². The number of unbranched alkanes of at least 4 members (excludes halogenated alkanes) is 2. The molecule has 3 nitrogen and oxygen atoms in total. The van der Waals surface area contributed by atoms with Gasteiger partial charge in [-0.25, -0.2) is 0 Å². The lowest BCUT2D eigenvalue weighted by atomic mass is 10.1. The topological polar surface area (TPSA) is 34.2 Å². The number of terminal acetylenes is 1. The van der Waals surface area contributed by atoms with Crippen LogP contribution in [0, 0.1) is 26.2 Å². The van der Waals surface area contributed by atoms with Crippen molar-refractivity contribution in [2.24, 2.45) is 0 Å². The van der Waals surface area contributed by atoms with Gasteiger partial charge in [-0.05, 0) is 33.2 Å². The molecule has 1 aromatic heterocycles. The summed E-state index contributed by atoms with van der Waals surface area (Å²) < 4.78 is 5.39. The van der Waals surface area contributed by atoms with Crippen molar-refractivity contribution in [1.29, 1.82) is 0 Å². The Morgan fingerprint density at radius 3 is 2.83 bits per heavy atom. The zero-order valence-electron chi connectivity index (χ0n) is 11.5. The number of aryl methyl sites for hydroxylation is 1. The fourth-order valence-electron chi connectivity index (χ4n) is 1.93. The summed E-state index contributed by atoms with van der Waals surface area (Å²) in [6.45, 7) is 5.81. The molecule has 98 valence electrons. The summed E-state index contributed by atoms with van der Waals surface area (Å²) in [5.41, 5.74) is 3.25. The maximum absolute atomic E-state index is 5.39. The minimum atomic E-state index is 0.776. The molecule has 3 heteroatoms. The zero-order valence-corrected chi connectivity index (χ0v) is 11.5. The van der Waals surface area contributed by atoms with E-state index in [0.717, 1.165) is 54.9 Å². The number of aromatic nitrogens is 1. The van der Waals surface area contributed by atoms with Gasteiger partial charge in [-0.1, -0.05) is 0 Å². The number of ether oxygens (including phenoxy) is 1. The minimum Gasteiger partial charge on any atom is -0.496 e. The van der Waals surface area contributed by atoms with Gasteiger partial charge in [-0.2, -0.15) is 0 Å². The average Bonchev–Trinajstić information content (AvgIpc) is 2.36. The number of nitrogens with one attached hydrogen (secondary N) is 1. The highest BCUT2D eigenvalue weighted by atomic mass is 16.5. The Kier molecular flexibility index (Phi) is 6.24. The van der Waals surface area contributed by atoms with Crippen LogP contribution in [-0.2, 0) is 6.54 Å². The van der Waals surface area contributed by atoms with Crippen molar-refractivity contribution in [2.75, 3.05) is 13.7 Å². The van der Waals surface area contributed by atoms with Gasteiger partial charge in [0.05, 0.1) is 12.8 Å². The van der Waals surface area contributed by atoms with Crippen LogP contribution in [0.2, 0.25) is 0 Å². The number of hydrogen-bond acceptors (Lipinski definition) is 3. The van der Waals surface area contributed by atoms with Crippen molar-refractivity contribution in [3.63, 3.8) is 0 Å². The van der Waals surface area contributed by atoms with Crippen LogP contribution in [0.25, 0.3) is 0 Å². The summed E-state index contributed by atoms with van der Waals surface area (Å²) in [4.78, 5) is 4.45. The van der Waals surface area contributed by atoms with E-state index in [2.05, 4.69) is 16.2 Å². The van der Waals surface area contributed by atoms with Crippen molar-refractivity contribution in [3.05, 3.63) is 23.0 Å². The fourth-order valence-corrected chi connectivity index (χ4v) is 1.93. The number of pyridine rings is 1. The van der Waals surface area contributed by atoms with E-state index in [9.17, 15) is 0 Å². The molecule has 0 saturated heterocycles. The third-order valence-electron chi connectivity index (χ3n) is 2.97. The molecule has 0 aliphatic heterocycles. The molecule has 0 saturated carbocycles. The Hall–Kier alpha value is -1.53. The van der Waals surface area contributed by atoms with E-state index in [1.54, 1.807) is 7.11 Å². The lowest BCUT2D eigenvalue weighted by Gasteiger charge is -2.12. The Balaban J connectivity index is 2.46.